The number of rotatable bonds is 4. The highest BCUT2D eigenvalue weighted by atomic mass is 16.2. The van der Waals surface area contributed by atoms with Crippen LogP contribution in [-0.2, 0) is 0 Å². The third-order valence-corrected chi connectivity index (χ3v) is 5.41. The highest BCUT2D eigenvalue weighted by Gasteiger charge is 2.23. The maximum absolute atomic E-state index is 13.1. The van der Waals surface area contributed by atoms with Crippen LogP contribution in [0, 0.1) is 0 Å². The average Bonchev–Trinajstić information content (AvgIpc) is 3.07. The van der Waals surface area contributed by atoms with E-state index < -0.39 is 0 Å². The first kappa shape index (κ1) is 18.3. The van der Waals surface area contributed by atoms with Crippen LogP contribution >= 0.6 is 0 Å². The molecule has 0 saturated carbocycles. The lowest BCUT2D eigenvalue weighted by Gasteiger charge is -2.22. The molecule has 1 saturated heterocycles. The molecule has 1 aliphatic heterocycles. The number of H-pyrrole nitrogens is 1. The molecule has 0 aliphatic carbocycles. The number of amides is 1. The van der Waals surface area contributed by atoms with Crippen molar-refractivity contribution in [3.8, 4) is 0 Å². The molecular weight excluding hydrogens is 350 g/mol. The van der Waals surface area contributed by atoms with Gasteiger partial charge >= 0.3 is 0 Å². The molecule has 1 fully saturated rings. The number of hydrogen-bond acceptors (Lipinski definition) is 4. The predicted molar refractivity (Wildman–Crippen MR) is 114 cm³/mol. The second-order valence-corrected chi connectivity index (χ2v) is 7.61. The van der Waals surface area contributed by atoms with E-state index in [2.05, 4.69) is 21.4 Å². The summed E-state index contributed by atoms with van der Waals surface area (Å²) < 4.78 is 0. The van der Waals surface area contributed by atoms with Crippen LogP contribution in [0.2, 0.25) is 0 Å². The molecule has 1 aromatic carbocycles. The minimum atomic E-state index is 0.116. The fraction of sp³-hybridized carbons (Fsp3) is 0.364. The van der Waals surface area contributed by atoms with Crippen LogP contribution in [0.4, 0.5) is 11.5 Å². The number of benzene rings is 1. The molecular formula is C22H27N5O. The lowest BCUT2D eigenvalue weighted by Crippen LogP contribution is -2.32. The third kappa shape index (κ3) is 3.81. The van der Waals surface area contributed by atoms with Gasteiger partial charge in [-0.1, -0.05) is 12.1 Å². The van der Waals surface area contributed by atoms with Crippen LogP contribution in [-0.4, -0.2) is 54.0 Å². The molecule has 0 radical (unpaired) electrons. The van der Waals surface area contributed by atoms with Gasteiger partial charge in [0.05, 0.1) is 23.0 Å². The van der Waals surface area contributed by atoms with Crippen molar-refractivity contribution >= 4 is 28.3 Å². The lowest BCUT2D eigenvalue weighted by molar-refractivity contribution is 0.0763. The first-order valence-corrected chi connectivity index (χ1v) is 9.87. The Morgan fingerprint density at radius 2 is 2.07 bits per heavy atom. The van der Waals surface area contributed by atoms with E-state index in [1.165, 1.54) is 0 Å². The molecule has 28 heavy (non-hydrogen) atoms. The number of nitrogens with one attached hydrogen (secondary N) is 2. The van der Waals surface area contributed by atoms with Gasteiger partial charge in [0, 0.05) is 44.8 Å². The monoisotopic (exact) mass is 377 g/mol. The molecule has 1 amide bonds. The molecule has 3 heterocycles. The van der Waals surface area contributed by atoms with E-state index in [-0.39, 0.29) is 5.91 Å². The van der Waals surface area contributed by atoms with Crippen molar-refractivity contribution in [1.29, 1.82) is 0 Å². The molecule has 1 atom stereocenters. The standard InChI is InChI=1S/C22H27N5O/c1-26(2)20-9-8-18(15-24-20)25-17-6-4-13-27(14-11-17)22(28)19-7-3-5-16-10-12-23-21(16)19/h3,5,7-10,12,15,17,23,25H,4,6,11,13-14H2,1-2H3/t17-/m1/s1. The van der Waals surface area contributed by atoms with Gasteiger partial charge in [0.25, 0.3) is 5.91 Å². The number of carbonyl (C=O) groups excluding carboxylic acids is 1. The molecule has 2 aromatic heterocycles. The van der Waals surface area contributed by atoms with Crippen molar-refractivity contribution in [2.24, 2.45) is 0 Å². The third-order valence-electron chi connectivity index (χ3n) is 5.41. The summed E-state index contributed by atoms with van der Waals surface area (Å²) in [6, 6.07) is 12.3. The molecule has 3 aromatic rings. The quantitative estimate of drug-likeness (QED) is 0.727. The van der Waals surface area contributed by atoms with Crippen LogP contribution in [0.15, 0.2) is 48.8 Å². The number of likely N-dealkylation sites (tertiary alicyclic amines) is 1. The Labute approximate surface area is 165 Å². The van der Waals surface area contributed by atoms with E-state index in [0.29, 0.717) is 6.04 Å². The smallest absolute Gasteiger partial charge is 0.255 e. The van der Waals surface area contributed by atoms with E-state index in [1.807, 2.05) is 66.6 Å². The number of nitrogens with zero attached hydrogens (tertiary/aromatic N) is 3. The molecule has 0 spiro atoms. The summed E-state index contributed by atoms with van der Waals surface area (Å²) in [5.74, 6) is 1.06. The number of hydrogen-bond donors (Lipinski definition) is 2. The minimum absolute atomic E-state index is 0.116. The summed E-state index contributed by atoms with van der Waals surface area (Å²) in [6.07, 6.45) is 6.75. The van der Waals surface area contributed by atoms with Gasteiger partial charge in [0.15, 0.2) is 0 Å². The molecule has 146 valence electrons. The Morgan fingerprint density at radius 1 is 1.18 bits per heavy atom. The second-order valence-electron chi connectivity index (χ2n) is 7.61. The first-order chi connectivity index (χ1) is 13.6. The summed E-state index contributed by atoms with van der Waals surface area (Å²) in [4.78, 5) is 24.8. The molecule has 0 unspecified atom stereocenters. The molecule has 4 rings (SSSR count). The van der Waals surface area contributed by atoms with E-state index in [0.717, 1.165) is 60.3 Å². The topological polar surface area (TPSA) is 64.3 Å². The van der Waals surface area contributed by atoms with Crippen molar-refractivity contribution in [3.63, 3.8) is 0 Å². The molecule has 6 nitrogen and oxygen atoms in total. The maximum Gasteiger partial charge on any atom is 0.255 e. The zero-order chi connectivity index (χ0) is 19.5. The zero-order valence-electron chi connectivity index (χ0n) is 16.5. The number of aromatic nitrogens is 2. The van der Waals surface area contributed by atoms with Gasteiger partial charge in [-0.25, -0.2) is 4.98 Å². The summed E-state index contributed by atoms with van der Waals surface area (Å²) in [6.45, 7) is 1.56. The van der Waals surface area contributed by atoms with Crippen LogP contribution in [0.1, 0.15) is 29.6 Å². The Morgan fingerprint density at radius 3 is 2.86 bits per heavy atom. The summed E-state index contributed by atoms with van der Waals surface area (Å²) in [5.41, 5.74) is 2.72. The Balaban J connectivity index is 1.41. The van der Waals surface area contributed by atoms with Gasteiger partial charge < -0.3 is 20.1 Å². The van der Waals surface area contributed by atoms with Crippen LogP contribution in [0.3, 0.4) is 0 Å². The first-order valence-electron chi connectivity index (χ1n) is 9.87. The number of aromatic amines is 1. The predicted octanol–water partition coefficient (Wildman–Crippen LogP) is 3.74. The largest absolute Gasteiger partial charge is 0.381 e. The molecule has 2 N–H and O–H groups in total. The van der Waals surface area contributed by atoms with Gasteiger partial charge in [-0.05, 0) is 43.5 Å². The minimum Gasteiger partial charge on any atom is -0.381 e. The van der Waals surface area contributed by atoms with Gasteiger partial charge in [-0.15, -0.1) is 0 Å². The normalized spacial score (nSPS) is 17.4. The molecule has 1 aliphatic rings. The average molecular weight is 377 g/mol. The lowest BCUT2D eigenvalue weighted by atomic mass is 10.1. The number of carbonyl (C=O) groups is 1. The Kier molecular flexibility index (Phi) is 5.19. The Bertz CT molecular complexity index is 947. The summed E-state index contributed by atoms with van der Waals surface area (Å²) in [5, 5.41) is 4.66. The van der Waals surface area contributed by atoms with Gasteiger partial charge in [-0.3, -0.25) is 4.79 Å². The van der Waals surface area contributed by atoms with Crippen molar-refractivity contribution in [2.75, 3.05) is 37.4 Å². The Hall–Kier alpha value is -3.02. The van der Waals surface area contributed by atoms with Crippen molar-refractivity contribution in [2.45, 2.75) is 25.3 Å². The highest BCUT2D eigenvalue weighted by Crippen LogP contribution is 2.22. The summed E-state index contributed by atoms with van der Waals surface area (Å²) >= 11 is 0. The van der Waals surface area contributed by atoms with E-state index >= 15 is 0 Å². The fourth-order valence-electron chi connectivity index (χ4n) is 3.85. The SMILES string of the molecule is CN(C)c1ccc(N[C@@H]2CCCN(C(=O)c3cccc4cc[nH]c34)CC2)cn1. The van der Waals surface area contributed by atoms with E-state index in [1.54, 1.807) is 0 Å². The van der Waals surface area contributed by atoms with Crippen molar-refractivity contribution in [1.82, 2.24) is 14.9 Å². The molecule has 0 bridgehead atoms. The highest BCUT2D eigenvalue weighted by molar-refractivity contribution is 6.05. The number of pyridine rings is 1. The fourth-order valence-corrected chi connectivity index (χ4v) is 3.85. The van der Waals surface area contributed by atoms with Crippen LogP contribution in [0.25, 0.3) is 10.9 Å². The second kappa shape index (κ2) is 7.92. The van der Waals surface area contributed by atoms with Crippen molar-refractivity contribution in [3.05, 3.63) is 54.4 Å². The number of fused-ring (bicyclic) bond motifs is 1. The maximum atomic E-state index is 13.1. The summed E-state index contributed by atoms with van der Waals surface area (Å²) in [7, 11) is 3.97. The van der Waals surface area contributed by atoms with Crippen LogP contribution < -0.4 is 10.2 Å². The van der Waals surface area contributed by atoms with Gasteiger partial charge in [-0.2, -0.15) is 0 Å². The number of para-hydroxylation sites is 1. The van der Waals surface area contributed by atoms with E-state index in [9.17, 15) is 4.79 Å². The number of anilines is 2. The van der Waals surface area contributed by atoms with Gasteiger partial charge in [0.2, 0.25) is 0 Å². The molecule has 6 heteroatoms. The van der Waals surface area contributed by atoms with Crippen molar-refractivity contribution < 1.29 is 4.79 Å². The van der Waals surface area contributed by atoms with Gasteiger partial charge in [0.1, 0.15) is 5.82 Å². The van der Waals surface area contributed by atoms with Crippen LogP contribution in [0.5, 0.6) is 0 Å². The van der Waals surface area contributed by atoms with E-state index in [4.69, 9.17) is 0 Å². The zero-order valence-corrected chi connectivity index (χ0v) is 16.5.